The lowest BCUT2D eigenvalue weighted by atomic mass is 9.87. The molecule has 0 N–H and O–H groups in total. The van der Waals surface area contributed by atoms with E-state index in [9.17, 15) is 0 Å². The summed E-state index contributed by atoms with van der Waals surface area (Å²) in [5.74, 6) is 0. The summed E-state index contributed by atoms with van der Waals surface area (Å²) in [6.45, 7) is 3.34. The summed E-state index contributed by atoms with van der Waals surface area (Å²) in [6, 6.07) is 22.0. The molecule has 1 fully saturated rings. The Balaban J connectivity index is 1.46. The average Bonchev–Trinajstić information content (AvgIpc) is 3.12. The molecule has 3 aromatic rings. The largest absolute Gasteiger partial charge is 0.298 e. The normalized spacial score (nSPS) is 16.7. The van der Waals surface area contributed by atoms with Crippen LogP contribution in [0.1, 0.15) is 40.0 Å². The van der Waals surface area contributed by atoms with Gasteiger partial charge in [-0.1, -0.05) is 66.2 Å². The van der Waals surface area contributed by atoms with Gasteiger partial charge in [0.1, 0.15) is 0 Å². The summed E-state index contributed by atoms with van der Waals surface area (Å²) in [4.78, 5) is 3.98. The molecule has 0 atom stereocenters. The summed E-state index contributed by atoms with van der Waals surface area (Å²) in [7, 11) is 0. The van der Waals surface area contributed by atoms with Crippen LogP contribution < -0.4 is 0 Å². The second kappa shape index (κ2) is 7.30. The lowest BCUT2D eigenvalue weighted by molar-refractivity contribution is 0.248. The van der Waals surface area contributed by atoms with Crippen molar-refractivity contribution in [3.63, 3.8) is 0 Å². The van der Waals surface area contributed by atoms with Crippen molar-refractivity contribution in [1.82, 2.24) is 4.90 Å². The molecule has 134 valence electrons. The van der Waals surface area contributed by atoms with Gasteiger partial charge in [0.2, 0.25) is 0 Å². The predicted octanol–water partition coefficient (Wildman–Crippen LogP) is 6.33. The van der Waals surface area contributed by atoms with Gasteiger partial charge in [-0.05, 0) is 52.6 Å². The number of fused-ring (bicyclic) bond motifs is 2. The molecular formula is C25H23NS. The Morgan fingerprint density at radius 2 is 1.56 bits per heavy atom. The van der Waals surface area contributed by atoms with Crippen molar-refractivity contribution in [2.24, 2.45) is 0 Å². The number of hydrogen-bond donors (Lipinski definition) is 0. The van der Waals surface area contributed by atoms with E-state index in [4.69, 9.17) is 0 Å². The summed E-state index contributed by atoms with van der Waals surface area (Å²) >= 11 is 1.85. The maximum atomic E-state index is 2.59. The van der Waals surface area contributed by atoms with Gasteiger partial charge in [0.25, 0.3) is 0 Å². The molecule has 0 amide bonds. The zero-order chi connectivity index (χ0) is 18.1. The van der Waals surface area contributed by atoms with Crippen molar-refractivity contribution in [3.05, 3.63) is 98.7 Å². The van der Waals surface area contributed by atoms with Gasteiger partial charge in [-0.15, -0.1) is 11.3 Å². The molecule has 27 heavy (non-hydrogen) atoms. The van der Waals surface area contributed by atoms with E-state index < -0.39 is 0 Å². The van der Waals surface area contributed by atoms with Crippen LogP contribution in [0, 0.1) is 0 Å². The fraction of sp³-hybridized carbons (Fsp3) is 0.200. The Bertz CT molecular complexity index is 1000. The minimum Gasteiger partial charge on any atom is -0.298 e. The number of piperidine rings is 1. The zero-order valence-electron chi connectivity index (χ0n) is 15.4. The molecule has 0 radical (unpaired) electrons. The van der Waals surface area contributed by atoms with Crippen molar-refractivity contribution < 1.29 is 0 Å². The quantitative estimate of drug-likeness (QED) is 0.399. The molecule has 2 aliphatic rings. The summed E-state index contributed by atoms with van der Waals surface area (Å²) in [5, 5.41) is 2.23. The standard InChI is InChI=1S/C25H23NS/c1-2-6-19(7-3-1)18-26-15-12-21(13-16-26)25-22-9-5-4-8-20(22)10-11-24-23(25)14-17-27-24/h1-11,14,17H,12-13,15-16,18H2. The van der Waals surface area contributed by atoms with Gasteiger partial charge in [0, 0.05) is 30.1 Å². The van der Waals surface area contributed by atoms with Crippen molar-refractivity contribution >= 4 is 29.1 Å². The van der Waals surface area contributed by atoms with E-state index in [0.717, 1.165) is 32.5 Å². The van der Waals surface area contributed by atoms with E-state index in [1.807, 2.05) is 11.3 Å². The first kappa shape index (κ1) is 16.7. The van der Waals surface area contributed by atoms with Crippen LogP contribution in [0.4, 0.5) is 0 Å². The smallest absolute Gasteiger partial charge is 0.0349 e. The molecule has 0 spiro atoms. The molecule has 0 bridgehead atoms. The molecule has 2 aromatic carbocycles. The predicted molar refractivity (Wildman–Crippen MR) is 117 cm³/mol. The molecule has 0 saturated carbocycles. The molecule has 5 rings (SSSR count). The molecule has 1 saturated heterocycles. The Morgan fingerprint density at radius 1 is 0.778 bits per heavy atom. The van der Waals surface area contributed by atoms with Crippen LogP contribution in [0.2, 0.25) is 0 Å². The Kier molecular flexibility index (Phi) is 4.52. The van der Waals surface area contributed by atoms with Crippen LogP contribution in [-0.4, -0.2) is 18.0 Å². The number of rotatable bonds is 2. The SMILES string of the molecule is C1=Cc2sccc2C(=C2CCN(Cc3ccccc3)CC2)c2ccccc21. The van der Waals surface area contributed by atoms with Gasteiger partial charge < -0.3 is 0 Å². The van der Waals surface area contributed by atoms with E-state index in [0.29, 0.717) is 0 Å². The molecular weight excluding hydrogens is 346 g/mol. The highest BCUT2D eigenvalue weighted by Gasteiger charge is 2.23. The molecule has 2 heterocycles. The molecule has 1 nitrogen and oxygen atoms in total. The maximum absolute atomic E-state index is 2.59. The second-order valence-corrected chi connectivity index (χ2v) is 8.31. The minimum atomic E-state index is 1.06. The molecule has 1 aliphatic heterocycles. The lowest BCUT2D eigenvalue weighted by Crippen LogP contribution is -2.30. The third kappa shape index (κ3) is 3.31. The second-order valence-electron chi connectivity index (χ2n) is 7.36. The Morgan fingerprint density at radius 3 is 2.41 bits per heavy atom. The number of likely N-dealkylation sites (tertiary alicyclic amines) is 1. The van der Waals surface area contributed by atoms with E-state index in [1.54, 1.807) is 5.57 Å². The Labute approximate surface area is 165 Å². The van der Waals surface area contributed by atoms with Crippen LogP contribution in [0.15, 0.2) is 71.6 Å². The number of hydrogen-bond acceptors (Lipinski definition) is 2. The highest BCUT2D eigenvalue weighted by molar-refractivity contribution is 7.11. The third-order valence-corrected chi connectivity index (χ3v) is 6.55. The van der Waals surface area contributed by atoms with E-state index in [2.05, 4.69) is 83.1 Å². The van der Waals surface area contributed by atoms with Gasteiger partial charge in [-0.2, -0.15) is 0 Å². The highest BCUT2D eigenvalue weighted by Crippen LogP contribution is 2.40. The first-order valence-corrected chi connectivity index (χ1v) is 10.6. The van der Waals surface area contributed by atoms with Crippen molar-refractivity contribution in [2.45, 2.75) is 19.4 Å². The minimum absolute atomic E-state index is 1.06. The fourth-order valence-electron chi connectivity index (χ4n) is 4.29. The molecule has 0 unspecified atom stereocenters. The van der Waals surface area contributed by atoms with Crippen molar-refractivity contribution in [3.8, 4) is 0 Å². The number of thiophene rings is 1. The zero-order valence-corrected chi connectivity index (χ0v) is 16.2. The highest BCUT2D eigenvalue weighted by atomic mass is 32.1. The van der Waals surface area contributed by atoms with E-state index in [1.165, 1.54) is 32.7 Å². The van der Waals surface area contributed by atoms with E-state index >= 15 is 0 Å². The lowest BCUT2D eigenvalue weighted by Gasteiger charge is -2.30. The topological polar surface area (TPSA) is 3.24 Å². The third-order valence-electron chi connectivity index (χ3n) is 5.67. The number of nitrogens with zero attached hydrogens (tertiary/aromatic N) is 1. The number of benzene rings is 2. The summed E-state index contributed by atoms with van der Waals surface area (Å²) in [6.07, 6.45) is 6.89. The maximum Gasteiger partial charge on any atom is 0.0349 e. The molecule has 1 aromatic heterocycles. The van der Waals surface area contributed by atoms with Crippen molar-refractivity contribution in [2.75, 3.05) is 13.1 Å². The first-order valence-electron chi connectivity index (χ1n) is 9.72. The van der Waals surface area contributed by atoms with Crippen LogP contribution in [-0.2, 0) is 6.54 Å². The van der Waals surface area contributed by atoms with Crippen molar-refractivity contribution in [1.29, 1.82) is 0 Å². The van der Waals surface area contributed by atoms with Gasteiger partial charge in [-0.25, -0.2) is 0 Å². The Hall–Kier alpha value is -2.42. The van der Waals surface area contributed by atoms with E-state index in [-0.39, 0.29) is 0 Å². The monoisotopic (exact) mass is 369 g/mol. The van der Waals surface area contributed by atoms with Crippen LogP contribution >= 0.6 is 11.3 Å². The fourth-order valence-corrected chi connectivity index (χ4v) is 5.09. The van der Waals surface area contributed by atoms with Gasteiger partial charge in [0.15, 0.2) is 0 Å². The molecule has 1 aliphatic carbocycles. The van der Waals surface area contributed by atoms with Gasteiger partial charge in [-0.3, -0.25) is 4.90 Å². The summed E-state index contributed by atoms with van der Waals surface area (Å²) in [5.41, 5.74) is 8.69. The first-order chi connectivity index (χ1) is 13.4. The van der Waals surface area contributed by atoms with Gasteiger partial charge in [0.05, 0.1) is 0 Å². The van der Waals surface area contributed by atoms with Gasteiger partial charge >= 0.3 is 0 Å². The summed E-state index contributed by atoms with van der Waals surface area (Å²) < 4.78 is 0. The molecule has 2 heteroatoms. The van der Waals surface area contributed by atoms with Crippen LogP contribution in [0.3, 0.4) is 0 Å². The van der Waals surface area contributed by atoms with Crippen LogP contribution in [0.25, 0.3) is 17.7 Å². The van der Waals surface area contributed by atoms with Crippen LogP contribution in [0.5, 0.6) is 0 Å². The average molecular weight is 370 g/mol.